The van der Waals surface area contributed by atoms with Gasteiger partial charge in [0.15, 0.2) is 0 Å². The van der Waals surface area contributed by atoms with E-state index in [4.69, 9.17) is 10.1 Å². The van der Waals surface area contributed by atoms with Crippen molar-refractivity contribution in [2.75, 3.05) is 13.7 Å². The van der Waals surface area contributed by atoms with Crippen LogP contribution in [0.1, 0.15) is 43.3 Å². The van der Waals surface area contributed by atoms with Crippen LogP contribution in [0.15, 0.2) is 48.5 Å². The molecular formula is C25H35N4O+. The Labute approximate surface area is 180 Å². The largest absolute Gasteiger partial charge is 0.400 e. The van der Waals surface area contributed by atoms with Gasteiger partial charge in [-0.25, -0.2) is 4.98 Å². The number of nitrogens with zero attached hydrogens (tertiary/aromatic N) is 3. The van der Waals surface area contributed by atoms with Crippen LogP contribution in [-0.4, -0.2) is 33.2 Å². The van der Waals surface area contributed by atoms with Gasteiger partial charge >= 0.3 is 0 Å². The molecule has 3 aromatic rings. The van der Waals surface area contributed by atoms with Crippen molar-refractivity contribution >= 4 is 5.69 Å². The number of hydrogen-bond donors (Lipinski definition) is 2. The SMILES string of the molecule is CO.Cn1c(-c2ccc(C(C)(C)C)cc2)nc2c1CN(Cc1ccccc1[NH3+])CC2. The predicted octanol–water partition coefficient (Wildman–Crippen LogP) is 3.42. The number of benzene rings is 2. The molecule has 1 aromatic heterocycles. The fraction of sp³-hybridized carbons (Fsp3) is 0.400. The van der Waals surface area contributed by atoms with Gasteiger partial charge in [-0.05, 0) is 17.0 Å². The van der Waals surface area contributed by atoms with E-state index in [1.807, 2.05) is 0 Å². The van der Waals surface area contributed by atoms with E-state index in [2.05, 4.69) is 91.6 Å². The molecule has 2 aromatic carbocycles. The van der Waals surface area contributed by atoms with Crippen LogP contribution in [0.5, 0.6) is 0 Å². The molecule has 0 bridgehead atoms. The molecule has 0 saturated carbocycles. The maximum Gasteiger partial charge on any atom is 0.140 e. The summed E-state index contributed by atoms with van der Waals surface area (Å²) in [5, 5.41) is 7.00. The van der Waals surface area contributed by atoms with Crippen molar-refractivity contribution < 1.29 is 10.8 Å². The van der Waals surface area contributed by atoms with Gasteiger partial charge in [-0.15, -0.1) is 0 Å². The van der Waals surface area contributed by atoms with Gasteiger partial charge in [0.05, 0.1) is 11.4 Å². The van der Waals surface area contributed by atoms with E-state index in [-0.39, 0.29) is 5.41 Å². The highest BCUT2D eigenvalue weighted by atomic mass is 16.2. The molecule has 5 nitrogen and oxygen atoms in total. The highest BCUT2D eigenvalue weighted by Crippen LogP contribution is 2.29. The first-order valence-electron chi connectivity index (χ1n) is 10.6. The van der Waals surface area contributed by atoms with E-state index in [1.54, 1.807) is 0 Å². The van der Waals surface area contributed by atoms with Crippen LogP contribution >= 0.6 is 0 Å². The van der Waals surface area contributed by atoms with Gasteiger partial charge < -0.3 is 15.4 Å². The molecular weight excluding hydrogens is 372 g/mol. The van der Waals surface area contributed by atoms with Crippen LogP contribution in [0.3, 0.4) is 0 Å². The lowest BCUT2D eigenvalue weighted by molar-refractivity contribution is -0.256. The molecule has 2 heterocycles. The van der Waals surface area contributed by atoms with Gasteiger partial charge in [-0.3, -0.25) is 4.90 Å². The lowest BCUT2D eigenvalue weighted by Crippen LogP contribution is -2.42. The Bertz CT molecular complexity index is 983. The van der Waals surface area contributed by atoms with Crippen molar-refractivity contribution in [1.29, 1.82) is 0 Å². The zero-order valence-electron chi connectivity index (χ0n) is 18.9. The fourth-order valence-corrected chi connectivity index (χ4v) is 4.01. The zero-order valence-corrected chi connectivity index (χ0v) is 18.9. The summed E-state index contributed by atoms with van der Waals surface area (Å²) in [5.74, 6) is 1.07. The predicted molar refractivity (Wildman–Crippen MR) is 122 cm³/mol. The minimum atomic E-state index is 0.171. The lowest BCUT2D eigenvalue weighted by Gasteiger charge is -2.27. The summed E-state index contributed by atoms with van der Waals surface area (Å²) < 4.78 is 2.28. The second-order valence-electron chi connectivity index (χ2n) is 8.94. The van der Waals surface area contributed by atoms with Crippen LogP contribution in [0.4, 0.5) is 5.69 Å². The van der Waals surface area contributed by atoms with Crippen molar-refractivity contribution in [3.05, 3.63) is 71.0 Å². The minimum absolute atomic E-state index is 0.171. The van der Waals surface area contributed by atoms with Crippen LogP contribution in [0, 0.1) is 0 Å². The molecule has 4 N–H and O–H groups in total. The van der Waals surface area contributed by atoms with Crippen molar-refractivity contribution in [2.24, 2.45) is 7.05 Å². The Hall–Kier alpha value is -2.47. The standard InChI is InChI=1S/C24H30N4.CH4O/c1-24(2,3)19-11-9-17(10-12-19)23-26-21-13-14-28(16-22(21)27(23)4)15-18-7-5-6-8-20(18)25;1-2/h5-12H,13-16,25H2,1-4H3;2H,1H3/p+1. The van der Waals surface area contributed by atoms with Gasteiger partial charge in [0.2, 0.25) is 0 Å². The summed E-state index contributed by atoms with van der Waals surface area (Å²) in [6.45, 7) is 9.67. The summed E-state index contributed by atoms with van der Waals surface area (Å²) in [6.07, 6.45) is 1.00. The number of hydrogen-bond acceptors (Lipinski definition) is 3. The molecule has 0 saturated heterocycles. The smallest absolute Gasteiger partial charge is 0.140 e. The Morgan fingerprint density at radius 1 is 1.03 bits per heavy atom. The first-order chi connectivity index (χ1) is 14.3. The van der Waals surface area contributed by atoms with E-state index < -0.39 is 0 Å². The lowest BCUT2D eigenvalue weighted by atomic mass is 9.87. The van der Waals surface area contributed by atoms with E-state index in [0.717, 1.165) is 44.7 Å². The van der Waals surface area contributed by atoms with Crippen LogP contribution in [-0.2, 0) is 32.0 Å². The van der Waals surface area contributed by atoms with Crippen molar-refractivity contribution in [2.45, 2.75) is 45.7 Å². The average molecular weight is 408 g/mol. The summed E-state index contributed by atoms with van der Waals surface area (Å²) in [5.41, 5.74) is 11.9. The van der Waals surface area contributed by atoms with E-state index >= 15 is 0 Å². The average Bonchev–Trinajstić information content (AvgIpc) is 3.07. The number of imidazole rings is 1. The molecule has 4 rings (SSSR count). The first kappa shape index (κ1) is 22.2. The monoisotopic (exact) mass is 407 g/mol. The van der Waals surface area contributed by atoms with Gasteiger partial charge in [0.25, 0.3) is 0 Å². The fourth-order valence-electron chi connectivity index (χ4n) is 4.01. The molecule has 5 heteroatoms. The molecule has 0 radical (unpaired) electrons. The van der Waals surface area contributed by atoms with Gasteiger partial charge in [-0.1, -0.05) is 63.2 Å². The maximum atomic E-state index is 7.00. The van der Waals surface area contributed by atoms with Gasteiger partial charge in [0.1, 0.15) is 11.5 Å². The molecule has 160 valence electrons. The molecule has 0 aliphatic carbocycles. The highest BCUT2D eigenvalue weighted by molar-refractivity contribution is 5.58. The van der Waals surface area contributed by atoms with Crippen LogP contribution < -0.4 is 5.73 Å². The molecule has 1 aliphatic heterocycles. The Morgan fingerprint density at radius 3 is 2.33 bits per heavy atom. The Morgan fingerprint density at radius 2 is 1.70 bits per heavy atom. The second-order valence-corrected chi connectivity index (χ2v) is 8.94. The molecule has 1 aliphatic rings. The maximum absolute atomic E-state index is 7.00. The number of fused-ring (bicyclic) bond motifs is 1. The first-order valence-corrected chi connectivity index (χ1v) is 10.6. The third-order valence-electron chi connectivity index (χ3n) is 5.86. The molecule has 0 atom stereocenters. The summed E-state index contributed by atoms with van der Waals surface area (Å²) in [6, 6.07) is 17.3. The minimum Gasteiger partial charge on any atom is -0.400 e. The highest BCUT2D eigenvalue weighted by Gasteiger charge is 2.24. The van der Waals surface area contributed by atoms with Crippen molar-refractivity contribution in [3.8, 4) is 11.4 Å². The summed E-state index contributed by atoms with van der Waals surface area (Å²) >= 11 is 0. The molecule has 30 heavy (non-hydrogen) atoms. The molecule has 0 amide bonds. The Balaban J connectivity index is 0.00000124. The van der Waals surface area contributed by atoms with Crippen LogP contribution in [0.2, 0.25) is 0 Å². The van der Waals surface area contributed by atoms with Crippen molar-refractivity contribution in [3.63, 3.8) is 0 Å². The number of aromatic nitrogens is 2. The normalized spacial score (nSPS) is 14.1. The summed E-state index contributed by atoms with van der Waals surface area (Å²) in [7, 11) is 3.15. The van der Waals surface area contributed by atoms with Crippen LogP contribution in [0.25, 0.3) is 11.4 Å². The third kappa shape index (κ3) is 4.64. The van der Waals surface area contributed by atoms with Gasteiger partial charge in [-0.2, -0.15) is 0 Å². The quantitative estimate of drug-likeness (QED) is 0.699. The Kier molecular flexibility index (Phi) is 6.76. The summed E-state index contributed by atoms with van der Waals surface area (Å²) in [4.78, 5) is 7.50. The zero-order chi connectivity index (χ0) is 21.9. The third-order valence-corrected chi connectivity index (χ3v) is 5.86. The molecule has 0 fully saturated rings. The number of quaternary nitrogens is 1. The van der Waals surface area contributed by atoms with Crippen molar-refractivity contribution in [1.82, 2.24) is 14.5 Å². The van der Waals surface area contributed by atoms with Gasteiger partial charge in [0, 0.05) is 51.3 Å². The number of aliphatic hydroxyl groups is 1. The van der Waals surface area contributed by atoms with E-state index in [1.165, 1.54) is 28.1 Å². The van der Waals surface area contributed by atoms with E-state index in [0.29, 0.717) is 0 Å². The molecule has 0 spiro atoms. The number of aliphatic hydroxyl groups excluding tert-OH is 1. The molecule has 0 unspecified atom stereocenters. The topological polar surface area (TPSA) is 68.9 Å². The van der Waals surface area contributed by atoms with E-state index in [9.17, 15) is 0 Å². The number of rotatable bonds is 3. The second kappa shape index (κ2) is 9.13.